The van der Waals surface area contributed by atoms with Gasteiger partial charge in [0.2, 0.25) is 0 Å². The van der Waals surface area contributed by atoms with Crippen LogP contribution in [0, 0.1) is 0 Å². The molecule has 2 rings (SSSR count). The Kier molecular flexibility index (Phi) is 5.83. The number of benzene rings is 1. The van der Waals surface area contributed by atoms with Crippen molar-refractivity contribution in [2.45, 2.75) is 25.9 Å². The molecule has 0 saturated carbocycles. The van der Waals surface area contributed by atoms with Crippen molar-refractivity contribution in [2.24, 2.45) is 0 Å². The van der Waals surface area contributed by atoms with Crippen LogP contribution in [-0.2, 0) is 0 Å². The van der Waals surface area contributed by atoms with Crippen LogP contribution in [0.2, 0.25) is 10.0 Å². The van der Waals surface area contributed by atoms with Crippen LogP contribution in [0.15, 0.2) is 30.5 Å². The first kappa shape index (κ1) is 16.8. The Hall–Kier alpha value is -1.56. The second-order valence-corrected chi connectivity index (χ2v) is 5.69. The minimum absolute atomic E-state index is 0.285. The summed E-state index contributed by atoms with van der Waals surface area (Å²) in [5.41, 5.74) is 0.934. The quantitative estimate of drug-likeness (QED) is 0.848. The number of amides is 1. The predicted molar refractivity (Wildman–Crippen MR) is 86.8 cm³/mol. The Morgan fingerprint density at radius 2 is 2.18 bits per heavy atom. The van der Waals surface area contributed by atoms with E-state index in [9.17, 15) is 9.90 Å². The summed E-state index contributed by atoms with van der Waals surface area (Å²) < 4.78 is 1.52. The molecular weight excluding hydrogens is 325 g/mol. The molecule has 2 aromatic rings. The maximum atomic E-state index is 12.0. The molecule has 118 valence electrons. The van der Waals surface area contributed by atoms with Crippen LogP contribution in [0.4, 0.5) is 0 Å². The zero-order valence-electron chi connectivity index (χ0n) is 12.1. The Morgan fingerprint density at radius 1 is 1.41 bits per heavy atom. The number of aliphatic hydroxyl groups excluding tert-OH is 1. The van der Waals surface area contributed by atoms with Gasteiger partial charge in [-0.15, -0.1) is 0 Å². The minimum atomic E-state index is -0.397. The smallest absolute Gasteiger partial charge is 0.271 e. The highest BCUT2D eigenvalue weighted by Crippen LogP contribution is 2.23. The predicted octanol–water partition coefficient (Wildman–Crippen LogP) is 3.07. The second-order valence-electron chi connectivity index (χ2n) is 4.85. The summed E-state index contributed by atoms with van der Waals surface area (Å²) in [6.45, 7) is 2.30. The molecule has 0 bridgehead atoms. The molecule has 0 radical (unpaired) electrons. The van der Waals surface area contributed by atoms with Gasteiger partial charge in [-0.2, -0.15) is 5.10 Å². The third-order valence-electron chi connectivity index (χ3n) is 3.21. The van der Waals surface area contributed by atoms with Gasteiger partial charge in [-0.1, -0.05) is 30.1 Å². The van der Waals surface area contributed by atoms with E-state index in [0.717, 1.165) is 0 Å². The van der Waals surface area contributed by atoms with E-state index in [0.29, 0.717) is 35.1 Å². The number of nitrogens with one attached hydrogen (secondary N) is 1. The molecule has 0 aliphatic carbocycles. The average molecular weight is 342 g/mol. The Bertz CT molecular complexity index is 658. The molecule has 2 N–H and O–H groups in total. The molecule has 0 aliphatic heterocycles. The SMILES string of the molecule is CCC(O)CCNC(=O)c1ccn(-c2ccc(Cl)cc2Cl)n1. The van der Waals surface area contributed by atoms with Crippen LogP contribution in [0.3, 0.4) is 0 Å². The summed E-state index contributed by atoms with van der Waals surface area (Å²) in [4.78, 5) is 12.0. The normalized spacial score (nSPS) is 12.2. The summed E-state index contributed by atoms with van der Waals surface area (Å²) in [7, 11) is 0. The number of carbonyl (C=O) groups is 1. The molecule has 1 heterocycles. The zero-order chi connectivity index (χ0) is 16.1. The van der Waals surface area contributed by atoms with Crippen LogP contribution in [0.25, 0.3) is 5.69 Å². The van der Waals surface area contributed by atoms with E-state index >= 15 is 0 Å². The summed E-state index contributed by atoms with van der Waals surface area (Å²) in [6, 6.07) is 6.66. The fourth-order valence-corrected chi connectivity index (χ4v) is 2.39. The summed E-state index contributed by atoms with van der Waals surface area (Å²) in [6.07, 6.45) is 2.45. The fourth-order valence-electron chi connectivity index (χ4n) is 1.89. The molecular formula is C15H17Cl2N3O2. The van der Waals surface area contributed by atoms with E-state index in [4.69, 9.17) is 23.2 Å². The molecule has 0 fully saturated rings. The fraction of sp³-hybridized carbons (Fsp3) is 0.333. The van der Waals surface area contributed by atoms with E-state index < -0.39 is 6.10 Å². The van der Waals surface area contributed by atoms with E-state index in [1.165, 1.54) is 4.68 Å². The maximum absolute atomic E-state index is 12.0. The van der Waals surface area contributed by atoms with Crippen LogP contribution >= 0.6 is 23.2 Å². The number of hydrogen-bond acceptors (Lipinski definition) is 3. The largest absolute Gasteiger partial charge is 0.393 e. The Labute approximate surface area is 138 Å². The maximum Gasteiger partial charge on any atom is 0.271 e. The summed E-state index contributed by atoms with van der Waals surface area (Å²) in [5, 5.41) is 17.4. The summed E-state index contributed by atoms with van der Waals surface area (Å²) >= 11 is 12.0. The number of rotatable bonds is 6. The second kappa shape index (κ2) is 7.63. The number of aliphatic hydroxyl groups is 1. The van der Waals surface area contributed by atoms with Crippen LogP contribution in [0.1, 0.15) is 30.3 Å². The van der Waals surface area contributed by atoms with Gasteiger partial charge in [0, 0.05) is 17.8 Å². The van der Waals surface area contributed by atoms with Crippen molar-refractivity contribution in [3.63, 3.8) is 0 Å². The molecule has 1 aromatic carbocycles. The lowest BCUT2D eigenvalue weighted by Gasteiger charge is -2.08. The Balaban J connectivity index is 2.03. The minimum Gasteiger partial charge on any atom is -0.393 e. The number of carbonyl (C=O) groups excluding carboxylic acids is 1. The number of halogens is 2. The van der Waals surface area contributed by atoms with Gasteiger partial charge in [0.15, 0.2) is 5.69 Å². The lowest BCUT2D eigenvalue weighted by Crippen LogP contribution is -2.27. The molecule has 0 saturated heterocycles. The van der Waals surface area contributed by atoms with Gasteiger partial charge in [-0.3, -0.25) is 4.79 Å². The zero-order valence-corrected chi connectivity index (χ0v) is 13.6. The number of nitrogens with zero attached hydrogens (tertiary/aromatic N) is 2. The lowest BCUT2D eigenvalue weighted by molar-refractivity contribution is 0.0936. The molecule has 5 nitrogen and oxygen atoms in total. The van der Waals surface area contributed by atoms with Gasteiger partial charge in [0.05, 0.1) is 16.8 Å². The van der Waals surface area contributed by atoms with Gasteiger partial charge in [0.1, 0.15) is 0 Å². The van der Waals surface area contributed by atoms with Gasteiger partial charge in [-0.25, -0.2) is 4.68 Å². The van der Waals surface area contributed by atoms with Gasteiger partial charge < -0.3 is 10.4 Å². The first-order valence-electron chi connectivity index (χ1n) is 6.98. The molecule has 7 heteroatoms. The molecule has 1 unspecified atom stereocenters. The summed E-state index contributed by atoms with van der Waals surface area (Å²) in [5.74, 6) is -0.285. The van der Waals surface area contributed by atoms with Crippen molar-refractivity contribution >= 4 is 29.1 Å². The first-order chi connectivity index (χ1) is 10.5. The molecule has 1 aromatic heterocycles. The highest BCUT2D eigenvalue weighted by atomic mass is 35.5. The molecule has 1 atom stereocenters. The van der Waals surface area contributed by atoms with Crippen LogP contribution in [0.5, 0.6) is 0 Å². The van der Waals surface area contributed by atoms with Crippen molar-refractivity contribution in [1.29, 1.82) is 0 Å². The lowest BCUT2D eigenvalue weighted by atomic mass is 10.2. The Morgan fingerprint density at radius 3 is 2.86 bits per heavy atom. The standard InChI is InChI=1S/C15H17Cl2N3O2/c1-2-11(21)5-7-18-15(22)13-6-8-20(19-13)14-4-3-10(16)9-12(14)17/h3-4,6,8-9,11,21H,2,5,7H2,1H3,(H,18,22). The van der Waals surface area contributed by atoms with Crippen LogP contribution < -0.4 is 5.32 Å². The third-order valence-corrected chi connectivity index (χ3v) is 3.75. The van der Waals surface area contributed by atoms with E-state index in [2.05, 4.69) is 10.4 Å². The highest BCUT2D eigenvalue weighted by molar-refractivity contribution is 6.35. The number of hydrogen-bond donors (Lipinski definition) is 2. The highest BCUT2D eigenvalue weighted by Gasteiger charge is 2.12. The van der Waals surface area contributed by atoms with Crippen molar-refractivity contribution in [3.05, 3.63) is 46.2 Å². The third kappa shape index (κ3) is 4.22. The van der Waals surface area contributed by atoms with E-state index in [1.54, 1.807) is 30.5 Å². The van der Waals surface area contributed by atoms with Crippen molar-refractivity contribution in [3.8, 4) is 5.69 Å². The van der Waals surface area contributed by atoms with Gasteiger partial charge in [-0.05, 0) is 37.1 Å². The molecule has 1 amide bonds. The topological polar surface area (TPSA) is 67.2 Å². The number of aromatic nitrogens is 2. The average Bonchev–Trinajstić information content (AvgIpc) is 2.96. The van der Waals surface area contributed by atoms with E-state index in [1.807, 2.05) is 6.92 Å². The van der Waals surface area contributed by atoms with E-state index in [-0.39, 0.29) is 11.6 Å². The molecule has 0 spiro atoms. The molecule has 22 heavy (non-hydrogen) atoms. The van der Waals surface area contributed by atoms with Crippen molar-refractivity contribution in [1.82, 2.24) is 15.1 Å². The van der Waals surface area contributed by atoms with Crippen molar-refractivity contribution < 1.29 is 9.90 Å². The van der Waals surface area contributed by atoms with Gasteiger partial charge in [0.25, 0.3) is 5.91 Å². The van der Waals surface area contributed by atoms with Crippen LogP contribution in [-0.4, -0.2) is 33.4 Å². The monoisotopic (exact) mass is 341 g/mol. The molecule has 0 aliphatic rings. The first-order valence-corrected chi connectivity index (χ1v) is 7.74. The van der Waals surface area contributed by atoms with Gasteiger partial charge >= 0.3 is 0 Å². The van der Waals surface area contributed by atoms with Crippen molar-refractivity contribution in [2.75, 3.05) is 6.54 Å².